The summed E-state index contributed by atoms with van der Waals surface area (Å²) >= 11 is 0. The monoisotopic (exact) mass is 565 g/mol. The van der Waals surface area contributed by atoms with Gasteiger partial charge in [-0.3, -0.25) is 20.5 Å². The first-order chi connectivity index (χ1) is 20.6. The second-order valence-electron chi connectivity index (χ2n) is 10.6. The number of hydrogen-bond donors (Lipinski definition) is 3. The van der Waals surface area contributed by atoms with Crippen molar-refractivity contribution >= 4 is 28.4 Å². The molecule has 8 nitrogen and oxygen atoms in total. The van der Waals surface area contributed by atoms with E-state index in [1.165, 1.54) is 0 Å². The summed E-state index contributed by atoms with van der Waals surface area (Å²) in [6, 6.07) is 31.1. The average Bonchev–Trinajstić information content (AvgIpc) is 3.04. The second-order valence-corrected chi connectivity index (χ2v) is 10.6. The first-order valence-electron chi connectivity index (χ1n) is 14.6. The third-order valence-corrected chi connectivity index (χ3v) is 7.61. The summed E-state index contributed by atoms with van der Waals surface area (Å²) in [5, 5.41) is 5.54. The van der Waals surface area contributed by atoms with Crippen LogP contribution in [0, 0.1) is 0 Å². The summed E-state index contributed by atoms with van der Waals surface area (Å²) in [5.74, 6) is -0.227. The minimum atomic E-state index is -0.227. The molecule has 5 rings (SSSR count). The van der Waals surface area contributed by atoms with Gasteiger partial charge in [0.15, 0.2) is 0 Å². The van der Waals surface area contributed by atoms with Crippen LogP contribution in [0.25, 0.3) is 10.8 Å². The van der Waals surface area contributed by atoms with Crippen LogP contribution < -0.4 is 16.2 Å². The molecular weight excluding hydrogens is 526 g/mol. The maximum Gasteiger partial charge on any atom is 0.318 e. The SMILES string of the molecule is C[C@H](NC(=O)N(CCCN1CCOCC1)Cc1ccc(C(=O)NNc2ccccc2)cc1)c1cccc2ccccc12. The number of hydrogen-bond acceptors (Lipinski definition) is 5. The van der Waals surface area contributed by atoms with Crippen molar-refractivity contribution in [2.24, 2.45) is 0 Å². The van der Waals surface area contributed by atoms with Crippen molar-refractivity contribution in [2.45, 2.75) is 25.9 Å². The molecule has 0 spiro atoms. The molecule has 3 amide bonds. The topological polar surface area (TPSA) is 85.9 Å². The average molecular weight is 566 g/mol. The highest BCUT2D eigenvalue weighted by Gasteiger charge is 2.19. The molecule has 0 unspecified atom stereocenters. The van der Waals surface area contributed by atoms with Gasteiger partial charge >= 0.3 is 6.03 Å². The minimum absolute atomic E-state index is 0.105. The maximum absolute atomic E-state index is 13.7. The van der Waals surface area contributed by atoms with Crippen molar-refractivity contribution < 1.29 is 14.3 Å². The molecule has 0 aromatic heterocycles. The van der Waals surface area contributed by atoms with E-state index in [-0.39, 0.29) is 18.0 Å². The molecule has 4 aromatic rings. The van der Waals surface area contributed by atoms with Gasteiger partial charge in [-0.25, -0.2) is 4.79 Å². The van der Waals surface area contributed by atoms with Crippen molar-refractivity contribution in [1.82, 2.24) is 20.5 Å². The van der Waals surface area contributed by atoms with Crippen LogP contribution in [0.15, 0.2) is 97.1 Å². The van der Waals surface area contributed by atoms with E-state index >= 15 is 0 Å². The molecule has 1 fully saturated rings. The number of amides is 3. The van der Waals surface area contributed by atoms with E-state index in [0.29, 0.717) is 18.7 Å². The molecular formula is C34H39N5O3. The molecule has 0 bridgehead atoms. The first kappa shape index (κ1) is 29.1. The van der Waals surface area contributed by atoms with E-state index in [1.54, 1.807) is 12.1 Å². The number of nitrogens with zero attached hydrogens (tertiary/aromatic N) is 2. The zero-order valence-corrected chi connectivity index (χ0v) is 24.1. The number of urea groups is 1. The molecule has 8 heteroatoms. The molecule has 3 N–H and O–H groups in total. The summed E-state index contributed by atoms with van der Waals surface area (Å²) in [5.41, 5.74) is 9.04. The van der Waals surface area contributed by atoms with E-state index in [4.69, 9.17) is 4.74 Å². The Kier molecular flexibility index (Phi) is 10.0. The van der Waals surface area contributed by atoms with Crippen LogP contribution in [-0.2, 0) is 11.3 Å². The molecule has 1 heterocycles. The smallest absolute Gasteiger partial charge is 0.318 e. The normalized spacial score (nSPS) is 14.2. The Bertz CT molecular complexity index is 1450. The fraction of sp³-hybridized carbons (Fsp3) is 0.294. The lowest BCUT2D eigenvalue weighted by Gasteiger charge is -2.29. The number of morpholine rings is 1. The van der Waals surface area contributed by atoms with Crippen molar-refractivity contribution in [3.05, 3.63) is 114 Å². The van der Waals surface area contributed by atoms with Crippen LogP contribution in [0.2, 0.25) is 0 Å². The number of fused-ring (bicyclic) bond motifs is 1. The number of anilines is 1. The fourth-order valence-corrected chi connectivity index (χ4v) is 5.25. The largest absolute Gasteiger partial charge is 0.379 e. The lowest BCUT2D eigenvalue weighted by atomic mass is 10.00. The van der Waals surface area contributed by atoms with Crippen molar-refractivity contribution in [3.8, 4) is 0 Å². The third kappa shape index (κ3) is 7.87. The second kappa shape index (κ2) is 14.5. The van der Waals surface area contributed by atoms with Gasteiger partial charge < -0.3 is 15.0 Å². The lowest BCUT2D eigenvalue weighted by Crippen LogP contribution is -2.43. The number of benzene rings is 4. The molecule has 1 saturated heterocycles. The van der Waals surface area contributed by atoms with Gasteiger partial charge in [-0.2, -0.15) is 0 Å². The zero-order valence-electron chi connectivity index (χ0n) is 24.1. The zero-order chi connectivity index (χ0) is 29.1. The molecule has 0 radical (unpaired) electrons. The van der Waals surface area contributed by atoms with Crippen LogP contribution in [0.4, 0.5) is 10.5 Å². The molecule has 1 aliphatic rings. The van der Waals surface area contributed by atoms with Crippen LogP contribution in [0.3, 0.4) is 0 Å². The van der Waals surface area contributed by atoms with Crippen molar-refractivity contribution in [3.63, 3.8) is 0 Å². The summed E-state index contributed by atoms with van der Waals surface area (Å²) < 4.78 is 5.48. The molecule has 0 saturated carbocycles. The first-order valence-corrected chi connectivity index (χ1v) is 14.6. The van der Waals surface area contributed by atoms with Gasteiger partial charge in [0.2, 0.25) is 0 Å². The Morgan fingerprint density at radius 1 is 0.881 bits per heavy atom. The van der Waals surface area contributed by atoms with Crippen LogP contribution in [0.5, 0.6) is 0 Å². The maximum atomic E-state index is 13.7. The van der Waals surface area contributed by atoms with E-state index in [0.717, 1.165) is 66.9 Å². The van der Waals surface area contributed by atoms with E-state index in [9.17, 15) is 9.59 Å². The van der Waals surface area contributed by atoms with Crippen molar-refractivity contribution in [2.75, 3.05) is 44.8 Å². The fourth-order valence-electron chi connectivity index (χ4n) is 5.25. The Labute approximate surface area is 247 Å². The molecule has 42 heavy (non-hydrogen) atoms. The highest BCUT2D eigenvalue weighted by atomic mass is 16.5. The lowest BCUT2D eigenvalue weighted by molar-refractivity contribution is 0.0364. The van der Waals surface area contributed by atoms with Gasteiger partial charge in [-0.15, -0.1) is 0 Å². The quantitative estimate of drug-likeness (QED) is 0.207. The predicted octanol–water partition coefficient (Wildman–Crippen LogP) is 5.59. The van der Waals surface area contributed by atoms with Gasteiger partial charge in [-0.1, -0.05) is 72.8 Å². The number of hydrazine groups is 1. The van der Waals surface area contributed by atoms with Gasteiger partial charge in [0.25, 0.3) is 5.91 Å². The van der Waals surface area contributed by atoms with Gasteiger partial charge in [0.05, 0.1) is 24.9 Å². The Morgan fingerprint density at radius 3 is 2.38 bits per heavy atom. The van der Waals surface area contributed by atoms with Crippen LogP contribution >= 0.6 is 0 Å². The van der Waals surface area contributed by atoms with Gasteiger partial charge in [0, 0.05) is 38.3 Å². The van der Waals surface area contributed by atoms with Gasteiger partial charge in [0.1, 0.15) is 0 Å². The number of rotatable bonds is 11. The van der Waals surface area contributed by atoms with Crippen molar-refractivity contribution in [1.29, 1.82) is 0 Å². The molecule has 1 atom stereocenters. The number of carbonyl (C=O) groups excluding carboxylic acids is 2. The minimum Gasteiger partial charge on any atom is -0.379 e. The highest BCUT2D eigenvalue weighted by Crippen LogP contribution is 2.24. The number of nitrogens with one attached hydrogen (secondary N) is 3. The standard InChI is InChI=1S/C34H39N5O3/c1-26(31-14-7-10-28-9-5-6-13-32(28)31)35-34(41)39(20-8-19-38-21-23-42-24-22-38)25-27-15-17-29(18-16-27)33(40)37-36-30-11-3-2-4-12-30/h2-7,9-18,26,36H,8,19-25H2,1H3,(H,35,41)(H,37,40)/t26-/m0/s1. The summed E-state index contributed by atoms with van der Waals surface area (Å²) in [6.45, 7) is 7.37. The molecule has 4 aromatic carbocycles. The third-order valence-electron chi connectivity index (χ3n) is 7.61. The van der Waals surface area contributed by atoms with Crippen LogP contribution in [-0.4, -0.2) is 61.1 Å². The predicted molar refractivity (Wildman–Crippen MR) is 167 cm³/mol. The van der Waals surface area contributed by atoms with E-state index < -0.39 is 0 Å². The number of ether oxygens (including phenoxy) is 1. The summed E-state index contributed by atoms with van der Waals surface area (Å²) in [7, 11) is 0. The Hall–Kier alpha value is -4.40. The molecule has 1 aliphatic heterocycles. The molecule has 218 valence electrons. The Morgan fingerprint density at radius 2 is 1.60 bits per heavy atom. The molecule has 0 aliphatic carbocycles. The number of para-hydroxylation sites is 1. The van der Waals surface area contributed by atoms with E-state index in [1.807, 2.05) is 72.5 Å². The highest BCUT2D eigenvalue weighted by molar-refractivity contribution is 5.95. The number of carbonyl (C=O) groups is 2. The Balaban J connectivity index is 1.24. The van der Waals surface area contributed by atoms with Gasteiger partial charge in [-0.05, 0) is 59.5 Å². The van der Waals surface area contributed by atoms with Crippen LogP contribution in [0.1, 0.15) is 40.9 Å². The summed E-state index contributed by atoms with van der Waals surface area (Å²) in [6.07, 6.45) is 0.863. The summed E-state index contributed by atoms with van der Waals surface area (Å²) in [4.78, 5) is 30.5. The van der Waals surface area contributed by atoms with E-state index in [2.05, 4.69) is 45.3 Å².